The molecule has 5 fully saturated rings. The molecule has 0 spiro atoms. The van der Waals surface area contributed by atoms with Crippen LogP contribution in [0.25, 0.3) is 0 Å². The molecule has 4 unspecified atom stereocenters. The van der Waals surface area contributed by atoms with E-state index in [0.717, 1.165) is 75.3 Å². The summed E-state index contributed by atoms with van der Waals surface area (Å²) in [5.41, 5.74) is 1.97. The van der Waals surface area contributed by atoms with Gasteiger partial charge in [-0.1, -0.05) is 77.1 Å². The molecule has 9 nitrogen and oxygen atoms in total. The van der Waals surface area contributed by atoms with E-state index in [-0.39, 0.29) is 64.6 Å². The lowest BCUT2D eigenvalue weighted by atomic mass is 9.32. The first-order valence-electron chi connectivity index (χ1n) is 20.3. The molecule has 9 heteroatoms. The largest absolute Gasteiger partial charge is 0.481 e. The number of carbonyl (C=O) groups excluding carboxylic acids is 2. The molecule has 1 aromatic rings. The van der Waals surface area contributed by atoms with Gasteiger partial charge >= 0.3 is 11.9 Å². The molecule has 0 aliphatic heterocycles. The number of nitrogens with one attached hydrogen (secondary N) is 2. The van der Waals surface area contributed by atoms with Crippen LogP contribution in [0.5, 0.6) is 0 Å². The molecule has 0 aromatic heterocycles. The predicted molar refractivity (Wildman–Crippen MR) is 205 cm³/mol. The lowest BCUT2D eigenvalue weighted by Gasteiger charge is -2.73. The number of benzene rings is 1. The lowest BCUT2D eigenvalue weighted by molar-refractivity contribution is -0.249. The van der Waals surface area contributed by atoms with Crippen LogP contribution in [0, 0.1) is 56.7 Å². The minimum Gasteiger partial charge on any atom is -0.481 e. The molecule has 1 aromatic carbocycles. The van der Waals surface area contributed by atoms with Crippen molar-refractivity contribution in [1.82, 2.24) is 10.6 Å². The van der Waals surface area contributed by atoms with E-state index in [2.05, 4.69) is 51.8 Å². The summed E-state index contributed by atoms with van der Waals surface area (Å²) in [4.78, 5) is 38.3. The Morgan fingerprint density at radius 3 is 2.26 bits per heavy atom. The smallest absolute Gasteiger partial charge is 0.328 e. The maximum Gasteiger partial charge on any atom is 0.328 e. The summed E-state index contributed by atoms with van der Waals surface area (Å²) in [6.45, 7) is 17.3. The van der Waals surface area contributed by atoms with Crippen LogP contribution in [0.3, 0.4) is 0 Å². The summed E-state index contributed by atoms with van der Waals surface area (Å²) in [6, 6.07) is 7.28. The van der Waals surface area contributed by atoms with Gasteiger partial charge in [0.05, 0.1) is 25.7 Å². The second-order valence-electron chi connectivity index (χ2n) is 19.2. The first kappa shape index (κ1) is 39.9. The maximum atomic E-state index is 13.6. The summed E-state index contributed by atoms with van der Waals surface area (Å²) in [6.07, 6.45) is 10.0. The number of aliphatic hydroxyl groups excluding tert-OH is 2. The fourth-order valence-electron chi connectivity index (χ4n) is 13.7. The molecule has 6 rings (SSSR count). The topological polar surface area (TPSA) is 145 Å². The van der Waals surface area contributed by atoms with Crippen LogP contribution in [0.2, 0.25) is 0 Å². The number of amides is 1. The van der Waals surface area contributed by atoms with Crippen LogP contribution in [-0.4, -0.2) is 71.6 Å². The Morgan fingerprint density at radius 2 is 1.60 bits per heavy atom. The molecule has 0 radical (unpaired) electrons. The van der Waals surface area contributed by atoms with Gasteiger partial charge in [-0.25, -0.2) is 4.79 Å². The van der Waals surface area contributed by atoms with E-state index in [4.69, 9.17) is 4.74 Å². The fourth-order valence-corrected chi connectivity index (χ4v) is 13.7. The van der Waals surface area contributed by atoms with Crippen LogP contribution in [0.15, 0.2) is 42.5 Å². The first-order chi connectivity index (χ1) is 25.0. The van der Waals surface area contributed by atoms with Gasteiger partial charge in [0.1, 0.15) is 6.04 Å². The van der Waals surface area contributed by atoms with Crippen molar-refractivity contribution in [2.24, 2.45) is 56.7 Å². The highest BCUT2D eigenvalue weighted by Crippen LogP contribution is 2.77. The Bertz CT molecular complexity index is 1550. The zero-order valence-corrected chi connectivity index (χ0v) is 33.1. The normalized spacial score (nSPS) is 39.6. The summed E-state index contributed by atoms with van der Waals surface area (Å²) in [5, 5.41) is 38.0. The predicted octanol–water partition coefficient (Wildman–Crippen LogP) is 6.31. The maximum absolute atomic E-state index is 13.6. The van der Waals surface area contributed by atoms with E-state index in [9.17, 15) is 29.7 Å². The zero-order chi connectivity index (χ0) is 38.6. The third-order valence-corrected chi connectivity index (χ3v) is 16.8. The monoisotopic (exact) mass is 734 g/mol. The highest BCUT2D eigenvalue weighted by atomic mass is 16.5. The van der Waals surface area contributed by atoms with Gasteiger partial charge in [-0.05, 0) is 126 Å². The summed E-state index contributed by atoms with van der Waals surface area (Å²) >= 11 is 0. The molecule has 5 aliphatic carbocycles. The van der Waals surface area contributed by atoms with E-state index in [1.54, 1.807) is 0 Å². The molecule has 1 amide bonds. The number of rotatable bonds is 12. The average molecular weight is 735 g/mol. The number of carboxylic acid groups (broad SMARTS) is 1. The van der Waals surface area contributed by atoms with Crippen LogP contribution in [-0.2, 0) is 25.5 Å². The molecule has 5 saturated carbocycles. The Hall–Kier alpha value is -2.75. The minimum absolute atomic E-state index is 0.0938. The van der Waals surface area contributed by atoms with Crippen molar-refractivity contribution in [2.45, 2.75) is 130 Å². The number of hydrogen-bond donors (Lipinski definition) is 5. The molecule has 0 saturated heterocycles. The minimum atomic E-state index is -1.12. The molecular formula is C44H66N2O7. The number of carbonyl (C=O) groups is 3. The van der Waals surface area contributed by atoms with Gasteiger partial charge in [0.15, 0.2) is 0 Å². The summed E-state index contributed by atoms with van der Waals surface area (Å²) in [7, 11) is 1.27. The Morgan fingerprint density at radius 1 is 0.887 bits per heavy atom. The van der Waals surface area contributed by atoms with Gasteiger partial charge in [-0.2, -0.15) is 0 Å². The third-order valence-electron chi connectivity index (χ3n) is 16.8. The number of methoxy groups -OCH3 is 1. The van der Waals surface area contributed by atoms with Crippen molar-refractivity contribution >= 4 is 17.8 Å². The molecular weight excluding hydrogens is 668 g/mol. The van der Waals surface area contributed by atoms with Gasteiger partial charge in [0.25, 0.3) is 0 Å². The van der Waals surface area contributed by atoms with Gasteiger partial charge in [0.2, 0.25) is 5.91 Å². The van der Waals surface area contributed by atoms with Crippen molar-refractivity contribution in [2.75, 3.05) is 20.3 Å². The lowest BCUT2D eigenvalue weighted by Crippen LogP contribution is -2.66. The van der Waals surface area contributed by atoms with Gasteiger partial charge in [-0.3, -0.25) is 9.59 Å². The second-order valence-corrected chi connectivity index (χ2v) is 19.2. The summed E-state index contributed by atoms with van der Waals surface area (Å²) < 4.78 is 4.98. The second kappa shape index (κ2) is 14.7. The number of aliphatic hydroxyl groups is 2. The van der Waals surface area contributed by atoms with Crippen molar-refractivity contribution in [3.8, 4) is 0 Å². The third kappa shape index (κ3) is 6.68. The highest BCUT2D eigenvalue weighted by molar-refractivity contribution is 5.90. The van der Waals surface area contributed by atoms with Gasteiger partial charge < -0.3 is 30.7 Å². The van der Waals surface area contributed by atoms with Crippen molar-refractivity contribution in [3.63, 3.8) is 0 Å². The molecule has 12 atom stereocenters. The molecule has 5 aliphatic rings. The van der Waals surface area contributed by atoms with Crippen molar-refractivity contribution in [1.29, 1.82) is 0 Å². The van der Waals surface area contributed by atoms with Crippen molar-refractivity contribution in [3.05, 3.63) is 48.0 Å². The number of fused-ring (bicyclic) bond motifs is 7. The first-order valence-corrected chi connectivity index (χ1v) is 20.3. The van der Waals surface area contributed by atoms with Crippen LogP contribution < -0.4 is 10.6 Å². The quantitative estimate of drug-likeness (QED) is 0.124. The Kier molecular flexibility index (Phi) is 11.1. The average Bonchev–Trinajstić information content (AvgIpc) is 3.52. The van der Waals surface area contributed by atoms with E-state index in [1.807, 2.05) is 30.3 Å². The molecule has 53 heavy (non-hydrogen) atoms. The van der Waals surface area contributed by atoms with Crippen molar-refractivity contribution < 1.29 is 34.4 Å². The van der Waals surface area contributed by atoms with Crippen LogP contribution >= 0.6 is 0 Å². The van der Waals surface area contributed by atoms with E-state index >= 15 is 0 Å². The number of carboxylic acids is 1. The van der Waals surface area contributed by atoms with Gasteiger partial charge in [0, 0.05) is 19.6 Å². The van der Waals surface area contributed by atoms with E-state index in [1.165, 1.54) is 7.11 Å². The van der Waals surface area contributed by atoms with Crippen LogP contribution in [0.1, 0.15) is 111 Å². The highest BCUT2D eigenvalue weighted by Gasteiger charge is 2.70. The van der Waals surface area contributed by atoms with E-state index in [0.29, 0.717) is 17.8 Å². The number of esters is 1. The molecule has 5 N–H and O–H groups in total. The standard InChI is InChI=1S/C44H66N2O7/c1-27(25-45-31(24-36(49)50)38(51)46-32(39(52)53-7)23-28-11-9-8-10-12-28)29-15-20-44(26-47)22-21-42(5)30(37(29)44)13-14-34-41(4)18-17-35(48)40(2,3)33(41)16-19-43(34,42)6/h8-12,29-35,37,45,47-48H,1,13-26H2,2-7H3,(H,46,51)(H,49,50)/t29-,30?,31+,32+,33?,34?,35-,37?,41-,42+,43+,44+/m0/s1. The zero-order valence-electron chi connectivity index (χ0n) is 33.1. The molecule has 294 valence electrons. The summed E-state index contributed by atoms with van der Waals surface area (Å²) in [5.74, 6) is -0.371. The Labute approximate surface area is 317 Å². The SMILES string of the molecule is C=C(CN[C@H](CC(=O)O)C(=O)N[C@H](Cc1ccccc1)C(=O)OC)[C@@H]1CC[C@]2(CO)CC[C@]3(C)C(CCC4[C@@]5(C)CC[C@H](O)C(C)(C)C5CC[C@]43C)C12. The molecule has 0 heterocycles. The number of aliphatic carboxylic acids is 1. The van der Waals surface area contributed by atoms with E-state index < -0.39 is 36.4 Å². The number of hydrogen-bond acceptors (Lipinski definition) is 7. The fraction of sp³-hybridized carbons (Fsp3) is 0.750. The Balaban J connectivity index is 1.20. The van der Waals surface area contributed by atoms with Crippen LogP contribution in [0.4, 0.5) is 0 Å². The molecule has 0 bridgehead atoms. The number of ether oxygens (including phenoxy) is 1. The van der Waals surface area contributed by atoms with Gasteiger partial charge in [-0.15, -0.1) is 0 Å².